The van der Waals surface area contributed by atoms with E-state index in [9.17, 15) is 18.4 Å². The van der Waals surface area contributed by atoms with Crippen LogP contribution < -0.4 is 0 Å². The number of hydrogen-bond donors (Lipinski definition) is 1. The molecule has 0 saturated carbocycles. The quantitative estimate of drug-likeness (QED) is 0.635. The molecule has 0 aromatic carbocycles. The van der Waals surface area contributed by atoms with Gasteiger partial charge in [-0.25, -0.2) is 0 Å². The molecule has 0 heterocycles. The third-order valence-corrected chi connectivity index (χ3v) is 1.31. The number of carbonyl (C=O) groups is 2. The number of aliphatic carboxylic acids is 1. The van der Waals surface area contributed by atoms with E-state index >= 15 is 0 Å². The number of carboxylic acids is 1. The lowest BCUT2D eigenvalue weighted by atomic mass is 10.1. The zero-order valence-corrected chi connectivity index (χ0v) is 7.00. The lowest BCUT2D eigenvalue weighted by Gasteiger charge is -2.20. The third-order valence-electron chi connectivity index (χ3n) is 1.31. The molecule has 0 aromatic heterocycles. The number of halogens is 2. The van der Waals surface area contributed by atoms with Gasteiger partial charge >= 0.3 is 11.9 Å². The Bertz CT molecular complexity index is 193. The smallest absolute Gasteiger partial charge is 0.328 e. The van der Waals surface area contributed by atoms with Crippen molar-refractivity contribution in [3.63, 3.8) is 0 Å². The van der Waals surface area contributed by atoms with Crippen molar-refractivity contribution in [3.05, 3.63) is 0 Å². The molecule has 1 atom stereocenters. The fourth-order valence-electron chi connectivity index (χ4n) is 0.742. The zero-order valence-electron chi connectivity index (χ0n) is 7.00. The van der Waals surface area contributed by atoms with Crippen molar-refractivity contribution < 1.29 is 28.2 Å². The zero-order chi connectivity index (χ0) is 10.5. The molecule has 1 N–H and O–H groups in total. The molecule has 0 rings (SSSR count). The minimum absolute atomic E-state index is 0.0681. The van der Waals surface area contributed by atoms with E-state index in [0.29, 0.717) is 0 Å². The van der Waals surface area contributed by atoms with Crippen LogP contribution >= 0.6 is 0 Å². The minimum atomic E-state index is -3.74. The Balaban J connectivity index is 4.39. The van der Waals surface area contributed by atoms with Crippen LogP contribution in [0.25, 0.3) is 0 Å². The van der Waals surface area contributed by atoms with Crippen LogP contribution in [0, 0.1) is 0 Å². The minimum Gasteiger partial charge on any atom is -0.481 e. The summed E-state index contributed by atoms with van der Waals surface area (Å²) >= 11 is 0. The molecule has 0 saturated heterocycles. The largest absolute Gasteiger partial charge is 0.481 e. The second kappa shape index (κ2) is 4.86. The lowest BCUT2D eigenvalue weighted by Crippen LogP contribution is -2.39. The number of alkyl halides is 2. The summed E-state index contributed by atoms with van der Waals surface area (Å²) in [6.45, 7) is 1.37. The average molecular weight is 196 g/mol. The van der Waals surface area contributed by atoms with Gasteiger partial charge in [-0.3, -0.25) is 9.59 Å². The summed E-state index contributed by atoms with van der Waals surface area (Å²) in [5.74, 6) is -5.17. The van der Waals surface area contributed by atoms with Crippen LogP contribution in [-0.2, 0) is 14.3 Å². The van der Waals surface area contributed by atoms with Gasteiger partial charge in [-0.15, -0.1) is 0 Å². The molecule has 0 spiro atoms. The highest BCUT2D eigenvalue weighted by Gasteiger charge is 2.41. The highest BCUT2D eigenvalue weighted by molar-refractivity contribution is 5.70. The average Bonchev–Trinajstić information content (AvgIpc) is 2.03. The number of hydrogen-bond acceptors (Lipinski definition) is 3. The van der Waals surface area contributed by atoms with Gasteiger partial charge in [0.1, 0.15) is 6.10 Å². The van der Waals surface area contributed by atoms with Gasteiger partial charge in [0.25, 0.3) is 0 Å². The summed E-state index contributed by atoms with van der Waals surface area (Å²) in [7, 11) is 0. The molecule has 0 aliphatic heterocycles. The molecule has 0 aliphatic rings. The molecular formula is C7H10F2O4. The van der Waals surface area contributed by atoms with E-state index in [1.165, 1.54) is 6.92 Å². The summed E-state index contributed by atoms with van der Waals surface area (Å²) in [5, 5.41) is 8.24. The molecule has 76 valence electrons. The maximum absolute atomic E-state index is 12.6. The number of rotatable bonds is 6. The monoisotopic (exact) mass is 196 g/mol. The normalized spacial score (nSPS) is 13.8. The number of ether oxygens (including phenoxy) is 1. The van der Waals surface area contributed by atoms with Crippen LogP contribution in [-0.4, -0.2) is 36.0 Å². The molecular weight excluding hydrogens is 186 g/mol. The first-order chi connectivity index (χ1) is 5.94. The fourth-order valence-corrected chi connectivity index (χ4v) is 0.742. The Morgan fingerprint density at radius 1 is 1.69 bits per heavy atom. The second-order valence-electron chi connectivity index (χ2n) is 2.33. The maximum atomic E-state index is 12.6. The molecule has 0 amide bonds. The van der Waals surface area contributed by atoms with E-state index in [4.69, 9.17) is 5.11 Å². The van der Waals surface area contributed by atoms with Crippen LogP contribution in [0.3, 0.4) is 0 Å². The molecule has 0 aliphatic carbocycles. The van der Waals surface area contributed by atoms with Crippen molar-refractivity contribution in [2.24, 2.45) is 0 Å². The Morgan fingerprint density at radius 2 is 2.23 bits per heavy atom. The van der Waals surface area contributed by atoms with Crippen LogP contribution in [0.2, 0.25) is 0 Å². The third kappa shape index (κ3) is 3.93. The summed E-state index contributed by atoms with van der Waals surface area (Å²) in [4.78, 5) is 20.0. The van der Waals surface area contributed by atoms with Crippen molar-refractivity contribution in [1.82, 2.24) is 0 Å². The molecule has 4 nitrogen and oxygen atoms in total. The second-order valence-corrected chi connectivity index (χ2v) is 2.33. The van der Waals surface area contributed by atoms with Gasteiger partial charge in [0.15, 0.2) is 6.29 Å². The van der Waals surface area contributed by atoms with E-state index in [0.717, 1.165) is 0 Å². The van der Waals surface area contributed by atoms with Gasteiger partial charge in [-0.05, 0) is 6.92 Å². The van der Waals surface area contributed by atoms with Gasteiger partial charge in [0, 0.05) is 6.61 Å². The summed E-state index contributed by atoms with van der Waals surface area (Å²) in [6.07, 6.45) is -3.37. The fraction of sp³-hybridized carbons (Fsp3) is 0.714. The molecule has 6 heteroatoms. The Kier molecular flexibility index (Phi) is 4.47. The predicted molar refractivity (Wildman–Crippen MR) is 38.7 cm³/mol. The Hall–Kier alpha value is -1.04. The van der Waals surface area contributed by atoms with Crippen molar-refractivity contribution in [1.29, 1.82) is 0 Å². The van der Waals surface area contributed by atoms with Gasteiger partial charge < -0.3 is 9.84 Å². The van der Waals surface area contributed by atoms with E-state index in [1.54, 1.807) is 0 Å². The van der Waals surface area contributed by atoms with E-state index in [-0.39, 0.29) is 6.61 Å². The number of carbonyl (C=O) groups excluding carboxylic acids is 1. The number of aldehydes is 1. The van der Waals surface area contributed by atoms with Crippen molar-refractivity contribution in [2.45, 2.75) is 25.4 Å². The highest BCUT2D eigenvalue weighted by atomic mass is 19.3. The molecule has 0 bridgehead atoms. The first kappa shape index (κ1) is 12.0. The van der Waals surface area contributed by atoms with Crippen molar-refractivity contribution in [2.75, 3.05) is 6.61 Å². The maximum Gasteiger partial charge on any atom is 0.328 e. The van der Waals surface area contributed by atoms with Crippen LogP contribution in [0.4, 0.5) is 8.78 Å². The van der Waals surface area contributed by atoms with Crippen molar-refractivity contribution >= 4 is 12.3 Å². The first-order valence-electron chi connectivity index (χ1n) is 3.61. The summed E-state index contributed by atoms with van der Waals surface area (Å²) < 4.78 is 29.7. The van der Waals surface area contributed by atoms with Crippen LogP contribution in [0.15, 0.2) is 0 Å². The topological polar surface area (TPSA) is 63.6 Å². The standard InChI is InChI=1S/C7H10F2O4/c1-2-13-5(3-6(11)12)7(8,9)4-10/h4-5H,2-3H2,1H3,(H,11,12). The van der Waals surface area contributed by atoms with Gasteiger partial charge in [0.05, 0.1) is 6.42 Å². The SMILES string of the molecule is CCOC(CC(=O)O)C(F)(F)C=O. The Labute approximate surface area is 73.5 Å². The molecule has 0 fully saturated rings. The predicted octanol–water partition coefficient (Wildman–Crippen LogP) is 0.700. The van der Waals surface area contributed by atoms with Gasteiger partial charge in [0.2, 0.25) is 0 Å². The van der Waals surface area contributed by atoms with E-state index in [2.05, 4.69) is 4.74 Å². The Morgan fingerprint density at radius 3 is 2.54 bits per heavy atom. The first-order valence-corrected chi connectivity index (χ1v) is 3.61. The lowest BCUT2D eigenvalue weighted by molar-refractivity contribution is -0.164. The highest BCUT2D eigenvalue weighted by Crippen LogP contribution is 2.21. The van der Waals surface area contributed by atoms with E-state index in [1.807, 2.05) is 0 Å². The molecule has 13 heavy (non-hydrogen) atoms. The molecule has 0 aromatic rings. The number of carboxylic acid groups (broad SMARTS) is 1. The van der Waals surface area contributed by atoms with Crippen LogP contribution in [0.5, 0.6) is 0 Å². The molecule has 1 unspecified atom stereocenters. The van der Waals surface area contributed by atoms with Crippen LogP contribution in [0.1, 0.15) is 13.3 Å². The molecule has 0 radical (unpaired) electrons. The summed E-state index contributed by atoms with van der Waals surface area (Å²) in [6, 6.07) is 0. The van der Waals surface area contributed by atoms with Gasteiger partial charge in [-0.2, -0.15) is 8.78 Å². The van der Waals surface area contributed by atoms with Crippen molar-refractivity contribution in [3.8, 4) is 0 Å². The van der Waals surface area contributed by atoms with E-state index < -0.39 is 30.7 Å². The summed E-state index contributed by atoms with van der Waals surface area (Å²) in [5.41, 5.74) is 0. The van der Waals surface area contributed by atoms with Gasteiger partial charge in [-0.1, -0.05) is 0 Å².